The van der Waals surface area contributed by atoms with E-state index < -0.39 is 0 Å². The molecular formula is C21H17ClN6O. The average Bonchev–Trinajstić information content (AvgIpc) is 2.75. The predicted molar refractivity (Wildman–Crippen MR) is 116 cm³/mol. The number of anilines is 4. The first kappa shape index (κ1) is 18.5. The molecule has 0 atom stereocenters. The highest BCUT2D eigenvalue weighted by molar-refractivity contribution is 6.30. The van der Waals surface area contributed by atoms with Gasteiger partial charge < -0.3 is 11.1 Å². The lowest BCUT2D eigenvalue weighted by atomic mass is 10.0. The number of carbonyl (C=O) groups is 1. The Balaban J connectivity index is 1.51. The van der Waals surface area contributed by atoms with Crippen LogP contribution in [0.3, 0.4) is 0 Å². The topological polar surface area (TPSA) is 105 Å². The molecule has 5 N–H and O–H groups in total. The molecule has 0 fully saturated rings. The number of rotatable bonds is 5. The average molecular weight is 405 g/mol. The smallest absolute Gasteiger partial charge is 0.270 e. The summed E-state index contributed by atoms with van der Waals surface area (Å²) in [5.41, 5.74) is 13.1. The van der Waals surface area contributed by atoms with Gasteiger partial charge in [-0.2, -0.15) is 0 Å². The molecule has 0 bridgehead atoms. The fourth-order valence-corrected chi connectivity index (χ4v) is 3.00. The molecule has 0 saturated heterocycles. The molecule has 29 heavy (non-hydrogen) atoms. The second kappa shape index (κ2) is 8.04. The summed E-state index contributed by atoms with van der Waals surface area (Å²) in [4.78, 5) is 20.9. The first-order valence-corrected chi connectivity index (χ1v) is 9.17. The molecule has 0 aliphatic rings. The SMILES string of the molecule is Nc1c(NNC(=O)c2cccc3ccccc23)ncnc1Nc1ccc(Cl)cc1. The van der Waals surface area contributed by atoms with Gasteiger partial charge in [-0.3, -0.25) is 15.6 Å². The maximum Gasteiger partial charge on any atom is 0.270 e. The van der Waals surface area contributed by atoms with Gasteiger partial charge in [0.05, 0.1) is 0 Å². The highest BCUT2D eigenvalue weighted by atomic mass is 35.5. The summed E-state index contributed by atoms with van der Waals surface area (Å²) in [6, 6.07) is 20.3. The molecule has 0 saturated carbocycles. The largest absolute Gasteiger partial charge is 0.393 e. The van der Waals surface area contributed by atoms with Crippen molar-refractivity contribution in [2.45, 2.75) is 0 Å². The van der Waals surface area contributed by atoms with E-state index in [-0.39, 0.29) is 17.4 Å². The van der Waals surface area contributed by atoms with Crippen molar-refractivity contribution in [2.24, 2.45) is 0 Å². The first-order valence-electron chi connectivity index (χ1n) is 8.79. The lowest BCUT2D eigenvalue weighted by Gasteiger charge is -2.14. The van der Waals surface area contributed by atoms with E-state index in [0.29, 0.717) is 16.4 Å². The van der Waals surface area contributed by atoms with Gasteiger partial charge >= 0.3 is 0 Å². The Morgan fingerprint density at radius 2 is 1.62 bits per heavy atom. The number of amides is 1. The minimum Gasteiger partial charge on any atom is -0.393 e. The predicted octanol–water partition coefficient (Wildman–Crippen LogP) is 4.37. The standard InChI is InChI=1S/C21H17ClN6O/c22-14-8-10-15(11-9-14)26-19-18(23)20(25-12-24-19)27-28-21(29)17-7-3-5-13-4-1-2-6-16(13)17/h1-12H,23H2,(H,28,29)(H2,24,25,26,27). The summed E-state index contributed by atoms with van der Waals surface area (Å²) < 4.78 is 0. The highest BCUT2D eigenvalue weighted by Gasteiger charge is 2.12. The number of hydrazine groups is 1. The van der Waals surface area contributed by atoms with E-state index in [1.165, 1.54) is 6.33 Å². The van der Waals surface area contributed by atoms with Gasteiger partial charge in [0.1, 0.15) is 12.0 Å². The Hall–Kier alpha value is -3.84. The molecule has 1 aromatic heterocycles. The summed E-state index contributed by atoms with van der Waals surface area (Å²) in [6.45, 7) is 0. The van der Waals surface area contributed by atoms with Crippen molar-refractivity contribution in [3.63, 3.8) is 0 Å². The van der Waals surface area contributed by atoms with E-state index in [9.17, 15) is 4.79 Å². The van der Waals surface area contributed by atoms with Crippen LogP contribution < -0.4 is 21.9 Å². The van der Waals surface area contributed by atoms with Gasteiger partial charge in [0, 0.05) is 16.3 Å². The van der Waals surface area contributed by atoms with Gasteiger partial charge in [-0.05, 0) is 41.1 Å². The molecule has 0 spiro atoms. The van der Waals surface area contributed by atoms with Crippen LogP contribution in [0, 0.1) is 0 Å². The summed E-state index contributed by atoms with van der Waals surface area (Å²) in [7, 11) is 0. The number of hydrogen-bond donors (Lipinski definition) is 4. The van der Waals surface area contributed by atoms with Gasteiger partial charge in [-0.25, -0.2) is 9.97 Å². The van der Waals surface area contributed by atoms with E-state index in [2.05, 4.69) is 26.1 Å². The fourth-order valence-electron chi connectivity index (χ4n) is 2.87. The van der Waals surface area contributed by atoms with Crippen molar-refractivity contribution in [3.8, 4) is 0 Å². The lowest BCUT2D eigenvalue weighted by molar-refractivity contribution is 0.0964. The Morgan fingerprint density at radius 1 is 0.897 bits per heavy atom. The molecule has 0 aliphatic heterocycles. The second-order valence-electron chi connectivity index (χ2n) is 6.22. The number of aromatic nitrogens is 2. The Kier molecular flexibility index (Phi) is 5.13. The normalized spacial score (nSPS) is 10.5. The van der Waals surface area contributed by atoms with Crippen LogP contribution in [0.1, 0.15) is 10.4 Å². The van der Waals surface area contributed by atoms with Gasteiger partial charge in [0.15, 0.2) is 11.6 Å². The third kappa shape index (κ3) is 4.04. The number of carbonyl (C=O) groups excluding carboxylic acids is 1. The summed E-state index contributed by atoms with van der Waals surface area (Å²) in [5.74, 6) is 0.390. The second-order valence-corrected chi connectivity index (χ2v) is 6.66. The molecular weight excluding hydrogens is 388 g/mol. The molecule has 8 heteroatoms. The van der Waals surface area contributed by atoms with Crippen LogP contribution in [0.15, 0.2) is 73.1 Å². The number of nitrogens with two attached hydrogens (primary N) is 1. The van der Waals surface area contributed by atoms with Crippen LogP contribution in [0.2, 0.25) is 5.02 Å². The first-order chi connectivity index (χ1) is 14.1. The Bertz CT molecular complexity index is 1170. The monoisotopic (exact) mass is 404 g/mol. The number of benzene rings is 3. The molecule has 1 heterocycles. The van der Waals surface area contributed by atoms with Crippen molar-refractivity contribution < 1.29 is 4.79 Å². The molecule has 7 nitrogen and oxygen atoms in total. The number of nitrogens with zero attached hydrogens (tertiary/aromatic N) is 2. The van der Waals surface area contributed by atoms with E-state index in [0.717, 1.165) is 16.5 Å². The minimum absolute atomic E-state index is 0.265. The number of nitrogens with one attached hydrogen (secondary N) is 3. The van der Waals surface area contributed by atoms with Crippen LogP contribution in [0.5, 0.6) is 0 Å². The van der Waals surface area contributed by atoms with Crippen LogP contribution in [-0.2, 0) is 0 Å². The molecule has 144 valence electrons. The molecule has 0 radical (unpaired) electrons. The van der Waals surface area contributed by atoms with Crippen molar-refractivity contribution in [3.05, 3.63) is 83.6 Å². The quantitative estimate of drug-likeness (QED) is 0.368. The zero-order valence-corrected chi connectivity index (χ0v) is 15.9. The third-order valence-corrected chi connectivity index (χ3v) is 4.57. The van der Waals surface area contributed by atoms with Crippen LogP contribution in [0.25, 0.3) is 10.8 Å². The summed E-state index contributed by atoms with van der Waals surface area (Å²) in [6.07, 6.45) is 1.35. The Labute approximate surface area is 171 Å². The van der Waals surface area contributed by atoms with Gasteiger partial charge in [0.25, 0.3) is 5.91 Å². The van der Waals surface area contributed by atoms with Crippen LogP contribution >= 0.6 is 11.6 Å². The van der Waals surface area contributed by atoms with Crippen LogP contribution in [0.4, 0.5) is 23.0 Å². The van der Waals surface area contributed by atoms with E-state index in [1.54, 1.807) is 30.3 Å². The molecule has 1 amide bonds. The highest BCUT2D eigenvalue weighted by Crippen LogP contribution is 2.26. The van der Waals surface area contributed by atoms with E-state index >= 15 is 0 Å². The van der Waals surface area contributed by atoms with Gasteiger partial charge in [-0.15, -0.1) is 0 Å². The van der Waals surface area contributed by atoms with Crippen LogP contribution in [-0.4, -0.2) is 15.9 Å². The number of halogens is 1. The maximum absolute atomic E-state index is 12.7. The Morgan fingerprint density at radius 3 is 2.45 bits per heavy atom. The van der Waals surface area contributed by atoms with E-state index in [4.69, 9.17) is 17.3 Å². The number of hydrogen-bond acceptors (Lipinski definition) is 6. The summed E-state index contributed by atoms with van der Waals surface area (Å²) in [5, 5.41) is 5.56. The maximum atomic E-state index is 12.7. The zero-order valence-electron chi connectivity index (χ0n) is 15.2. The summed E-state index contributed by atoms with van der Waals surface area (Å²) >= 11 is 5.90. The lowest BCUT2D eigenvalue weighted by Crippen LogP contribution is -2.30. The molecule has 4 rings (SSSR count). The zero-order chi connectivity index (χ0) is 20.2. The number of nitrogen functional groups attached to an aromatic ring is 1. The molecule has 0 aliphatic carbocycles. The van der Waals surface area contributed by atoms with Crippen molar-refractivity contribution in [1.29, 1.82) is 0 Å². The van der Waals surface area contributed by atoms with E-state index in [1.807, 2.05) is 36.4 Å². The van der Waals surface area contributed by atoms with Gasteiger partial charge in [-0.1, -0.05) is 48.0 Å². The van der Waals surface area contributed by atoms with Crippen molar-refractivity contribution >= 4 is 51.3 Å². The van der Waals surface area contributed by atoms with Crippen molar-refractivity contribution in [1.82, 2.24) is 15.4 Å². The fraction of sp³-hybridized carbons (Fsp3) is 0. The minimum atomic E-state index is -0.299. The van der Waals surface area contributed by atoms with Crippen molar-refractivity contribution in [2.75, 3.05) is 16.5 Å². The number of fused-ring (bicyclic) bond motifs is 1. The van der Waals surface area contributed by atoms with Gasteiger partial charge in [0.2, 0.25) is 0 Å². The molecule has 3 aromatic carbocycles. The molecule has 4 aromatic rings. The third-order valence-electron chi connectivity index (χ3n) is 4.32. The molecule has 0 unspecified atom stereocenters.